The normalized spacial score (nSPS) is 25.3. The number of nitrogens with one attached hydrogen (secondary N) is 1. The highest BCUT2D eigenvalue weighted by atomic mass is 19.1. The number of hydrogen-bond donors (Lipinski definition) is 1. The number of rotatable bonds is 5. The van der Waals surface area contributed by atoms with E-state index in [9.17, 15) is 14.0 Å². The topological polar surface area (TPSA) is 58.6 Å². The number of imide groups is 1. The molecule has 136 valence electrons. The first kappa shape index (κ1) is 17.9. The third-order valence-electron chi connectivity index (χ3n) is 5.31. The summed E-state index contributed by atoms with van der Waals surface area (Å²) in [7, 11) is 1.52. The van der Waals surface area contributed by atoms with Crippen LogP contribution in [0.2, 0.25) is 0 Å². The maximum atomic E-state index is 14.2. The van der Waals surface area contributed by atoms with Gasteiger partial charge in [0.1, 0.15) is 11.6 Å². The van der Waals surface area contributed by atoms with Gasteiger partial charge in [-0.2, -0.15) is 0 Å². The van der Waals surface area contributed by atoms with E-state index in [0.717, 1.165) is 25.7 Å². The van der Waals surface area contributed by atoms with Crippen LogP contribution in [-0.4, -0.2) is 35.9 Å². The lowest BCUT2D eigenvalue weighted by Gasteiger charge is -2.35. The number of halogens is 1. The van der Waals surface area contributed by atoms with E-state index in [1.807, 2.05) is 6.92 Å². The Morgan fingerprint density at radius 2 is 1.80 bits per heavy atom. The molecule has 2 amide bonds. The summed E-state index contributed by atoms with van der Waals surface area (Å²) in [6.07, 6.45) is 4.09. The molecule has 0 aromatic heterocycles. The molecule has 3 rings (SSSR count). The zero-order chi connectivity index (χ0) is 18.0. The zero-order valence-electron chi connectivity index (χ0n) is 14.8. The van der Waals surface area contributed by atoms with E-state index in [4.69, 9.17) is 4.74 Å². The van der Waals surface area contributed by atoms with E-state index in [1.54, 1.807) is 12.1 Å². The number of benzene rings is 1. The molecular formula is C19H25FN2O3. The highest BCUT2D eigenvalue weighted by molar-refractivity contribution is 6.02. The number of amides is 2. The second kappa shape index (κ2) is 7.52. The number of nitrogens with zero attached hydrogens (tertiary/aromatic N) is 1. The van der Waals surface area contributed by atoms with Gasteiger partial charge in [-0.3, -0.25) is 14.5 Å². The molecular weight excluding hydrogens is 323 g/mol. The van der Waals surface area contributed by atoms with E-state index in [-0.39, 0.29) is 35.8 Å². The summed E-state index contributed by atoms with van der Waals surface area (Å²) in [6.45, 7) is 1.95. The van der Waals surface area contributed by atoms with Crippen molar-refractivity contribution in [1.82, 2.24) is 10.2 Å². The number of hydrogen-bond acceptors (Lipinski definition) is 4. The Morgan fingerprint density at radius 1 is 1.16 bits per heavy atom. The maximum absolute atomic E-state index is 14.2. The van der Waals surface area contributed by atoms with Crippen molar-refractivity contribution in [3.05, 3.63) is 29.6 Å². The van der Waals surface area contributed by atoms with Gasteiger partial charge in [0.05, 0.1) is 7.11 Å². The van der Waals surface area contributed by atoms with Crippen LogP contribution in [0, 0.1) is 5.82 Å². The smallest absolute Gasteiger partial charge is 0.229 e. The van der Waals surface area contributed by atoms with Crippen molar-refractivity contribution in [1.29, 1.82) is 0 Å². The minimum absolute atomic E-state index is 0.0323. The van der Waals surface area contributed by atoms with E-state index in [0.29, 0.717) is 24.2 Å². The number of methoxy groups -OCH3 is 1. The first-order valence-electron chi connectivity index (χ1n) is 8.94. The lowest BCUT2D eigenvalue weighted by Crippen LogP contribution is -2.45. The summed E-state index contributed by atoms with van der Waals surface area (Å²) >= 11 is 0. The molecule has 1 heterocycles. The molecule has 6 heteroatoms. The van der Waals surface area contributed by atoms with Crippen LogP contribution >= 0.6 is 0 Å². The SMILES string of the molecule is COc1ccc([C@@H](C)NC2CCC(N3C(=O)CCC3=O)CC2)c(F)c1. The van der Waals surface area contributed by atoms with Gasteiger partial charge in [-0.15, -0.1) is 0 Å². The van der Waals surface area contributed by atoms with Gasteiger partial charge in [0.15, 0.2) is 0 Å². The van der Waals surface area contributed by atoms with Crippen LogP contribution in [0.15, 0.2) is 18.2 Å². The molecule has 0 unspecified atom stereocenters. The summed E-state index contributed by atoms with van der Waals surface area (Å²) in [6, 6.07) is 5.10. The molecule has 1 aromatic rings. The molecule has 0 spiro atoms. The number of carbonyl (C=O) groups is 2. The van der Waals surface area contributed by atoms with Crippen LogP contribution in [-0.2, 0) is 9.59 Å². The molecule has 2 aliphatic rings. The zero-order valence-corrected chi connectivity index (χ0v) is 14.8. The standard InChI is InChI=1S/C19H25FN2O3/c1-12(16-8-7-15(25-2)11-17(16)20)21-13-3-5-14(6-4-13)22-18(23)9-10-19(22)24/h7-8,11-14,21H,3-6,9-10H2,1-2H3/t12-,13?,14?/m1/s1. The lowest BCUT2D eigenvalue weighted by molar-refractivity contribution is -0.141. The van der Waals surface area contributed by atoms with Gasteiger partial charge in [0.25, 0.3) is 0 Å². The quantitative estimate of drug-likeness (QED) is 0.831. The van der Waals surface area contributed by atoms with E-state index in [1.165, 1.54) is 18.1 Å². The van der Waals surface area contributed by atoms with Gasteiger partial charge in [-0.1, -0.05) is 6.07 Å². The molecule has 1 saturated carbocycles. The highest BCUT2D eigenvalue weighted by Crippen LogP contribution is 2.29. The Morgan fingerprint density at radius 3 is 2.36 bits per heavy atom. The van der Waals surface area contributed by atoms with Gasteiger partial charge < -0.3 is 10.1 Å². The Hall–Kier alpha value is -1.95. The number of likely N-dealkylation sites (tertiary alicyclic amines) is 1. The van der Waals surface area contributed by atoms with Crippen LogP contribution in [0.3, 0.4) is 0 Å². The average molecular weight is 348 g/mol. The maximum Gasteiger partial charge on any atom is 0.229 e. The molecule has 1 aliphatic carbocycles. The molecule has 1 N–H and O–H groups in total. The third kappa shape index (κ3) is 3.84. The molecule has 25 heavy (non-hydrogen) atoms. The Kier molecular flexibility index (Phi) is 5.37. The molecule has 0 bridgehead atoms. The van der Waals surface area contributed by atoms with Gasteiger partial charge in [0, 0.05) is 42.6 Å². The minimum atomic E-state index is -0.277. The van der Waals surface area contributed by atoms with Crippen molar-refractivity contribution in [2.24, 2.45) is 0 Å². The number of carbonyl (C=O) groups excluding carboxylic acids is 2. The van der Waals surface area contributed by atoms with Crippen molar-refractivity contribution in [2.45, 2.75) is 63.6 Å². The van der Waals surface area contributed by atoms with E-state index >= 15 is 0 Å². The monoisotopic (exact) mass is 348 g/mol. The fourth-order valence-corrected chi connectivity index (χ4v) is 3.93. The van der Waals surface area contributed by atoms with Crippen molar-refractivity contribution in [2.75, 3.05) is 7.11 Å². The van der Waals surface area contributed by atoms with Crippen molar-refractivity contribution < 1.29 is 18.7 Å². The third-order valence-corrected chi connectivity index (χ3v) is 5.31. The highest BCUT2D eigenvalue weighted by Gasteiger charge is 2.37. The van der Waals surface area contributed by atoms with Crippen molar-refractivity contribution in [3.8, 4) is 5.75 Å². The average Bonchev–Trinajstić information content (AvgIpc) is 2.94. The lowest BCUT2D eigenvalue weighted by atomic mass is 9.89. The van der Waals surface area contributed by atoms with Crippen LogP contribution in [0.25, 0.3) is 0 Å². The molecule has 1 aliphatic heterocycles. The minimum Gasteiger partial charge on any atom is -0.497 e. The summed E-state index contributed by atoms with van der Waals surface area (Å²) in [4.78, 5) is 25.2. The Bertz CT molecular complexity index is 640. The molecule has 0 radical (unpaired) electrons. The summed E-state index contributed by atoms with van der Waals surface area (Å²) in [5.74, 6) is 0.167. The fourth-order valence-electron chi connectivity index (χ4n) is 3.93. The molecule has 2 fully saturated rings. The first-order valence-corrected chi connectivity index (χ1v) is 8.94. The summed E-state index contributed by atoms with van der Waals surface area (Å²) in [5.41, 5.74) is 0.618. The van der Waals surface area contributed by atoms with Crippen molar-refractivity contribution in [3.63, 3.8) is 0 Å². The van der Waals surface area contributed by atoms with Gasteiger partial charge in [-0.05, 0) is 38.7 Å². The van der Waals surface area contributed by atoms with Gasteiger partial charge in [-0.25, -0.2) is 4.39 Å². The summed E-state index contributed by atoms with van der Waals surface area (Å²) < 4.78 is 19.2. The van der Waals surface area contributed by atoms with Gasteiger partial charge in [0.2, 0.25) is 11.8 Å². The Labute approximate surface area is 147 Å². The molecule has 1 aromatic carbocycles. The fraction of sp³-hybridized carbons (Fsp3) is 0.579. The summed E-state index contributed by atoms with van der Waals surface area (Å²) in [5, 5.41) is 3.48. The van der Waals surface area contributed by atoms with Gasteiger partial charge >= 0.3 is 0 Å². The van der Waals surface area contributed by atoms with Crippen LogP contribution < -0.4 is 10.1 Å². The van der Waals surface area contributed by atoms with Crippen LogP contribution in [0.1, 0.15) is 57.1 Å². The molecule has 5 nitrogen and oxygen atoms in total. The second-order valence-electron chi connectivity index (χ2n) is 6.94. The molecule has 1 atom stereocenters. The number of ether oxygens (including phenoxy) is 1. The first-order chi connectivity index (χ1) is 12.0. The predicted molar refractivity (Wildman–Crippen MR) is 91.6 cm³/mol. The van der Waals surface area contributed by atoms with Crippen LogP contribution in [0.4, 0.5) is 4.39 Å². The largest absolute Gasteiger partial charge is 0.497 e. The Balaban J connectivity index is 1.55. The second-order valence-corrected chi connectivity index (χ2v) is 6.94. The molecule has 1 saturated heterocycles. The van der Waals surface area contributed by atoms with E-state index in [2.05, 4.69) is 5.32 Å². The van der Waals surface area contributed by atoms with Crippen molar-refractivity contribution >= 4 is 11.8 Å². The van der Waals surface area contributed by atoms with Crippen LogP contribution in [0.5, 0.6) is 5.75 Å². The predicted octanol–water partition coefficient (Wildman–Crippen LogP) is 2.95. The van der Waals surface area contributed by atoms with E-state index < -0.39 is 0 Å².